The average Bonchev–Trinajstić information content (AvgIpc) is 3.01. The quantitative estimate of drug-likeness (QED) is 0.440. The van der Waals surface area contributed by atoms with Crippen molar-refractivity contribution in [2.75, 3.05) is 0 Å². The van der Waals surface area contributed by atoms with E-state index in [1.54, 1.807) is 0 Å². The summed E-state index contributed by atoms with van der Waals surface area (Å²) in [5, 5.41) is 3.18. The molecule has 0 aliphatic carbocycles. The second-order valence-electron chi connectivity index (χ2n) is 5.77. The number of aromatic nitrogens is 2. The Balaban J connectivity index is 2.05. The van der Waals surface area contributed by atoms with Crippen LogP contribution in [0.4, 0.5) is 0 Å². The second-order valence-corrected chi connectivity index (χ2v) is 5.77. The lowest BCUT2D eigenvalue weighted by Crippen LogP contribution is -2.07. The van der Waals surface area contributed by atoms with E-state index in [0.29, 0.717) is 16.8 Å². The number of furan rings is 1. The van der Waals surface area contributed by atoms with Gasteiger partial charge in [0.15, 0.2) is 0 Å². The fourth-order valence-electron chi connectivity index (χ4n) is 3.23. The Bertz CT molecular complexity index is 1210. The first-order valence-electron chi connectivity index (χ1n) is 7.73. The van der Waals surface area contributed by atoms with Gasteiger partial charge in [0.2, 0.25) is 5.71 Å². The molecule has 0 aliphatic heterocycles. The lowest BCUT2D eigenvalue weighted by molar-refractivity contribution is 0.654. The van der Waals surface area contributed by atoms with E-state index in [1.165, 1.54) is 6.20 Å². The number of rotatable bonds is 1. The molecule has 24 heavy (non-hydrogen) atoms. The summed E-state index contributed by atoms with van der Waals surface area (Å²) in [6.07, 6.45) is 1.52. The second kappa shape index (κ2) is 4.93. The molecule has 0 atom stereocenters. The summed E-state index contributed by atoms with van der Waals surface area (Å²) < 4.78 is 6.07. The predicted octanol–water partition coefficient (Wildman–Crippen LogP) is 3.99. The Labute approximate surface area is 139 Å². The lowest BCUT2D eigenvalue weighted by atomic mass is 9.97. The third kappa shape index (κ3) is 1.86. The molecule has 4 heteroatoms. The molecule has 0 amide bonds. The highest BCUT2D eigenvalue weighted by molar-refractivity contribution is 6.31. The largest absolute Gasteiger partial charge is 0.436 e. The van der Waals surface area contributed by atoms with Gasteiger partial charge < -0.3 is 4.42 Å². The molecule has 0 saturated heterocycles. The van der Waals surface area contributed by atoms with Crippen molar-refractivity contribution >= 4 is 46.4 Å². The van der Waals surface area contributed by atoms with Crippen LogP contribution in [0.15, 0.2) is 71.3 Å². The normalized spacial score (nSPS) is 11.5. The van der Waals surface area contributed by atoms with E-state index in [2.05, 4.69) is 40.3 Å². The Morgan fingerprint density at radius 2 is 1.71 bits per heavy atom. The van der Waals surface area contributed by atoms with Gasteiger partial charge in [0.05, 0.1) is 5.39 Å². The summed E-state index contributed by atoms with van der Waals surface area (Å²) in [5.74, 6) is 0. The lowest BCUT2D eigenvalue weighted by Gasteiger charge is -2.06. The topological polar surface area (TPSA) is 38.9 Å². The van der Waals surface area contributed by atoms with E-state index in [4.69, 9.17) is 12.3 Å². The van der Waals surface area contributed by atoms with Gasteiger partial charge in [-0.05, 0) is 22.4 Å². The summed E-state index contributed by atoms with van der Waals surface area (Å²) in [6.45, 7) is 0. The van der Waals surface area contributed by atoms with Crippen LogP contribution in [0, 0.1) is 0 Å². The minimum absolute atomic E-state index is 0.388. The van der Waals surface area contributed by atoms with E-state index in [9.17, 15) is 0 Å². The summed E-state index contributed by atoms with van der Waals surface area (Å²) in [6, 6.07) is 20.6. The molecule has 0 bridgehead atoms. The Morgan fingerprint density at radius 1 is 0.917 bits per heavy atom. The predicted molar refractivity (Wildman–Crippen MR) is 97.6 cm³/mol. The van der Waals surface area contributed by atoms with Crippen LogP contribution in [0.3, 0.4) is 0 Å². The van der Waals surface area contributed by atoms with Crippen LogP contribution >= 0.6 is 0 Å². The number of benzene rings is 3. The van der Waals surface area contributed by atoms with Crippen molar-refractivity contribution in [2.24, 2.45) is 0 Å². The van der Waals surface area contributed by atoms with E-state index < -0.39 is 0 Å². The Morgan fingerprint density at radius 3 is 2.58 bits per heavy atom. The Kier molecular flexibility index (Phi) is 2.74. The summed E-state index contributed by atoms with van der Waals surface area (Å²) in [7, 11) is 5.85. The number of hydrogen-bond donors (Lipinski definition) is 0. The van der Waals surface area contributed by atoms with Crippen molar-refractivity contribution in [3.8, 4) is 11.1 Å². The van der Waals surface area contributed by atoms with Gasteiger partial charge in [-0.25, -0.2) is 4.98 Å². The van der Waals surface area contributed by atoms with Crippen molar-refractivity contribution in [3.63, 3.8) is 0 Å². The third-order valence-electron chi connectivity index (χ3n) is 4.28. The molecule has 0 unspecified atom stereocenters. The molecule has 2 aromatic heterocycles. The molecule has 0 fully saturated rings. The molecule has 0 N–H and O–H groups in total. The molecule has 0 saturated carbocycles. The van der Waals surface area contributed by atoms with Gasteiger partial charge in [0.1, 0.15) is 18.9 Å². The monoisotopic (exact) mass is 306 g/mol. The van der Waals surface area contributed by atoms with Gasteiger partial charge >= 0.3 is 0 Å². The molecule has 2 heterocycles. The van der Waals surface area contributed by atoms with Crippen LogP contribution in [0.25, 0.3) is 44.1 Å². The van der Waals surface area contributed by atoms with Crippen LogP contribution < -0.4 is 5.59 Å². The first-order valence-corrected chi connectivity index (χ1v) is 7.73. The summed E-state index contributed by atoms with van der Waals surface area (Å²) in [4.78, 5) is 8.78. The van der Waals surface area contributed by atoms with Crippen molar-refractivity contribution in [1.29, 1.82) is 0 Å². The highest BCUT2D eigenvalue weighted by Gasteiger charge is 2.17. The van der Waals surface area contributed by atoms with E-state index in [1.807, 2.05) is 30.3 Å². The zero-order valence-corrected chi connectivity index (χ0v) is 12.7. The van der Waals surface area contributed by atoms with Gasteiger partial charge in [-0.3, -0.25) is 4.98 Å². The maximum atomic E-state index is 6.07. The molecule has 3 aromatic carbocycles. The van der Waals surface area contributed by atoms with E-state index >= 15 is 0 Å². The zero-order chi connectivity index (χ0) is 16.1. The SMILES string of the molecule is [B]c1cnc2oc3c(-c4ccccc4)cc4ccccc4c3c2n1. The first-order chi connectivity index (χ1) is 11.8. The number of fused-ring (bicyclic) bond motifs is 5. The first kappa shape index (κ1) is 13.3. The third-order valence-corrected chi connectivity index (χ3v) is 4.28. The molecule has 2 radical (unpaired) electrons. The van der Waals surface area contributed by atoms with Crippen molar-refractivity contribution in [3.05, 3.63) is 66.9 Å². The molecule has 110 valence electrons. The van der Waals surface area contributed by atoms with Crippen LogP contribution in [0.2, 0.25) is 0 Å². The molecule has 5 aromatic rings. The van der Waals surface area contributed by atoms with Crippen molar-refractivity contribution in [1.82, 2.24) is 9.97 Å². The van der Waals surface area contributed by atoms with Gasteiger partial charge in [0.25, 0.3) is 0 Å². The fraction of sp³-hybridized carbons (Fsp3) is 0. The standard InChI is InChI=1S/C20H11BN2O/c21-16-11-22-20-18(23-16)17-14-9-5-4-8-13(14)10-15(19(17)24-20)12-6-2-1-3-7-12/h1-11H. The van der Waals surface area contributed by atoms with E-state index in [-0.39, 0.29) is 0 Å². The van der Waals surface area contributed by atoms with Crippen LogP contribution in [0.5, 0.6) is 0 Å². The zero-order valence-electron chi connectivity index (χ0n) is 12.7. The van der Waals surface area contributed by atoms with Crippen LogP contribution in [0.1, 0.15) is 0 Å². The fourth-order valence-corrected chi connectivity index (χ4v) is 3.23. The van der Waals surface area contributed by atoms with Crippen LogP contribution in [-0.2, 0) is 0 Å². The molecule has 5 rings (SSSR count). The maximum absolute atomic E-state index is 6.07. The molecule has 0 spiro atoms. The summed E-state index contributed by atoms with van der Waals surface area (Å²) in [5.41, 5.74) is 4.52. The maximum Gasteiger partial charge on any atom is 0.246 e. The highest BCUT2D eigenvalue weighted by Crippen LogP contribution is 2.39. The molecule has 0 aliphatic rings. The van der Waals surface area contributed by atoms with Gasteiger partial charge in [-0.1, -0.05) is 54.6 Å². The van der Waals surface area contributed by atoms with Gasteiger partial charge in [-0.2, -0.15) is 0 Å². The minimum Gasteiger partial charge on any atom is -0.436 e. The minimum atomic E-state index is 0.388. The van der Waals surface area contributed by atoms with Gasteiger partial charge in [0, 0.05) is 17.4 Å². The Hall–Kier alpha value is -3.14. The summed E-state index contributed by atoms with van der Waals surface area (Å²) >= 11 is 0. The van der Waals surface area contributed by atoms with E-state index in [0.717, 1.165) is 32.9 Å². The molecule has 3 nitrogen and oxygen atoms in total. The molecular weight excluding hydrogens is 295 g/mol. The van der Waals surface area contributed by atoms with Crippen LogP contribution in [-0.4, -0.2) is 17.8 Å². The number of hydrogen-bond acceptors (Lipinski definition) is 3. The molecular formula is C20H11BN2O. The van der Waals surface area contributed by atoms with Gasteiger partial charge in [-0.15, -0.1) is 0 Å². The van der Waals surface area contributed by atoms with Crippen molar-refractivity contribution in [2.45, 2.75) is 0 Å². The highest BCUT2D eigenvalue weighted by atomic mass is 16.3. The smallest absolute Gasteiger partial charge is 0.246 e. The van der Waals surface area contributed by atoms with Crippen molar-refractivity contribution < 1.29 is 4.42 Å². The number of nitrogens with zero attached hydrogens (tertiary/aromatic N) is 2. The average molecular weight is 306 g/mol.